The zero-order valence-electron chi connectivity index (χ0n) is 13.0. The van der Waals surface area contributed by atoms with Crippen LogP contribution in [0.15, 0.2) is 0 Å². The normalized spacial score (nSPS) is 25.5. The van der Waals surface area contributed by atoms with Gasteiger partial charge in [0.1, 0.15) is 0 Å². The third-order valence-electron chi connectivity index (χ3n) is 4.32. The Balaban J connectivity index is 1.71. The van der Waals surface area contributed by atoms with Crippen molar-refractivity contribution in [1.82, 2.24) is 14.9 Å². The first kappa shape index (κ1) is 16.7. The Morgan fingerprint density at radius 2 is 2.05 bits per heavy atom. The van der Waals surface area contributed by atoms with E-state index in [2.05, 4.69) is 21.9 Å². The lowest BCUT2D eigenvalue weighted by atomic mass is 9.98. The Hall–Kier alpha value is -0.660. The molecule has 0 aromatic carbocycles. The number of amides is 1. The summed E-state index contributed by atoms with van der Waals surface area (Å²) in [6.45, 7) is 4.67. The van der Waals surface area contributed by atoms with Gasteiger partial charge < -0.3 is 5.32 Å². The number of carbonyl (C=O) groups excluding carboxylic acids is 1. The van der Waals surface area contributed by atoms with Crippen molar-refractivity contribution in [3.63, 3.8) is 0 Å². The van der Waals surface area contributed by atoms with Crippen LogP contribution in [0.5, 0.6) is 0 Å². The van der Waals surface area contributed by atoms with Gasteiger partial charge in [0.15, 0.2) is 0 Å². The van der Waals surface area contributed by atoms with Gasteiger partial charge in [-0.25, -0.2) is 13.1 Å². The van der Waals surface area contributed by atoms with Gasteiger partial charge in [0.25, 0.3) is 0 Å². The van der Waals surface area contributed by atoms with Gasteiger partial charge in [-0.2, -0.15) is 0 Å². The van der Waals surface area contributed by atoms with Crippen molar-refractivity contribution in [2.45, 2.75) is 38.6 Å². The number of nitrogens with one attached hydrogen (secondary N) is 2. The maximum absolute atomic E-state index is 12.0. The number of nitrogens with zero attached hydrogens (tertiary/aromatic N) is 1. The molecule has 2 N–H and O–H groups in total. The summed E-state index contributed by atoms with van der Waals surface area (Å²) in [6, 6.07) is 0.282. The highest BCUT2D eigenvalue weighted by Gasteiger charge is 2.29. The molecule has 0 aromatic rings. The fraction of sp³-hybridized carbons (Fsp3) is 0.929. The van der Waals surface area contributed by atoms with E-state index in [1.807, 2.05) is 0 Å². The maximum atomic E-state index is 12.0. The van der Waals surface area contributed by atoms with E-state index in [0.717, 1.165) is 25.9 Å². The van der Waals surface area contributed by atoms with Crippen LogP contribution in [0.1, 0.15) is 32.6 Å². The van der Waals surface area contributed by atoms with E-state index in [9.17, 15) is 13.2 Å². The molecule has 1 amide bonds. The quantitative estimate of drug-likeness (QED) is 0.701. The molecular weight excluding hydrogens is 290 g/mol. The molecule has 7 heteroatoms. The second-order valence-corrected chi connectivity index (χ2v) is 8.39. The third kappa shape index (κ3) is 6.32. The highest BCUT2D eigenvalue weighted by Crippen LogP contribution is 2.32. The first-order chi connectivity index (χ1) is 9.83. The van der Waals surface area contributed by atoms with Crippen molar-refractivity contribution >= 4 is 15.9 Å². The van der Waals surface area contributed by atoms with Crippen LogP contribution in [0.3, 0.4) is 0 Å². The fourth-order valence-electron chi connectivity index (χ4n) is 2.95. The Morgan fingerprint density at radius 1 is 1.33 bits per heavy atom. The molecule has 1 saturated heterocycles. The molecule has 122 valence electrons. The van der Waals surface area contributed by atoms with E-state index >= 15 is 0 Å². The summed E-state index contributed by atoms with van der Waals surface area (Å²) in [5.74, 6) is 1.05. The van der Waals surface area contributed by atoms with Crippen molar-refractivity contribution in [3.8, 4) is 0 Å². The van der Waals surface area contributed by atoms with Crippen molar-refractivity contribution < 1.29 is 13.2 Å². The molecule has 2 fully saturated rings. The third-order valence-corrected chi connectivity index (χ3v) is 5.01. The van der Waals surface area contributed by atoms with Crippen LogP contribution in [0.2, 0.25) is 0 Å². The minimum absolute atomic E-state index is 0.0890. The lowest BCUT2D eigenvalue weighted by Crippen LogP contribution is -2.46. The Labute approximate surface area is 127 Å². The van der Waals surface area contributed by atoms with Crippen LogP contribution >= 0.6 is 0 Å². The number of piperidine rings is 1. The molecule has 0 unspecified atom stereocenters. The SMILES string of the molecule is C[C@@H](NC(=O)CN1CCC[C@@H](CNS(C)(=O)=O)C1)C1CC1. The highest BCUT2D eigenvalue weighted by atomic mass is 32.2. The summed E-state index contributed by atoms with van der Waals surface area (Å²) in [4.78, 5) is 14.1. The molecule has 1 aliphatic heterocycles. The molecule has 2 atom stereocenters. The van der Waals surface area contributed by atoms with Crippen LogP contribution in [0, 0.1) is 11.8 Å². The maximum Gasteiger partial charge on any atom is 0.234 e. The minimum Gasteiger partial charge on any atom is -0.352 e. The standard InChI is InChI=1S/C14H27N3O3S/c1-11(13-5-6-13)16-14(18)10-17-7-3-4-12(9-17)8-15-21(2,19)20/h11-13,15H,3-10H2,1-2H3,(H,16,18)/t11-,12+/m1/s1. The van der Waals surface area contributed by atoms with Crippen molar-refractivity contribution in [2.75, 3.05) is 32.4 Å². The number of sulfonamides is 1. The topological polar surface area (TPSA) is 78.5 Å². The van der Waals surface area contributed by atoms with E-state index in [-0.39, 0.29) is 11.9 Å². The molecule has 2 rings (SSSR count). The van der Waals surface area contributed by atoms with Gasteiger partial charge in [0.05, 0.1) is 12.8 Å². The van der Waals surface area contributed by atoms with Crippen LogP contribution in [0.25, 0.3) is 0 Å². The van der Waals surface area contributed by atoms with E-state index in [4.69, 9.17) is 0 Å². The molecule has 2 aliphatic rings. The molecule has 0 radical (unpaired) electrons. The van der Waals surface area contributed by atoms with E-state index in [1.54, 1.807) is 0 Å². The Kier molecular flexibility index (Phi) is 5.62. The van der Waals surface area contributed by atoms with Crippen LogP contribution in [0.4, 0.5) is 0 Å². The van der Waals surface area contributed by atoms with Gasteiger partial charge in [0.2, 0.25) is 15.9 Å². The van der Waals surface area contributed by atoms with Gasteiger partial charge in [-0.3, -0.25) is 9.69 Å². The monoisotopic (exact) mass is 317 g/mol. The van der Waals surface area contributed by atoms with E-state index in [1.165, 1.54) is 19.1 Å². The molecule has 0 aromatic heterocycles. The molecule has 6 nitrogen and oxygen atoms in total. The van der Waals surface area contributed by atoms with Gasteiger partial charge in [-0.1, -0.05) is 0 Å². The molecule has 0 spiro atoms. The van der Waals surface area contributed by atoms with Crippen LogP contribution < -0.4 is 10.0 Å². The molecule has 1 aliphatic carbocycles. The summed E-state index contributed by atoms with van der Waals surface area (Å²) >= 11 is 0. The van der Waals surface area contributed by atoms with Crippen LogP contribution in [-0.2, 0) is 14.8 Å². The van der Waals surface area contributed by atoms with Gasteiger partial charge >= 0.3 is 0 Å². The molecular formula is C14H27N3O3S. The number of rotatable bonds is 7. The predicted octanol–water partition coefficient (Wildman–Crippen LogP) is 0.162. The number of likely N-dealkylation sites (tertiary alicyclic amines) is 1. The summed E-state index contributed by atoms with van der Waals surface area (Å²) in [7, 11) is -3.13. The summed E-state index contributed by atoms with van der Waals surface area (Å²) in [5.41, 5.74) is 0. The lowest BCUT2D eigenvalue weighted by Gasteiger charge is -2.32. The average molecular weight is 317 g/mol. The Bertz CT molecular complexity index is 462. The van der Waals surface area contributed by atoms with Crippen molar-refractivity contribution in [1.29, 1.82) is 0 Å². The summed E-state index contributed by atoms with van der Waals surface area (Å²) in [6.07, 6.45) is 5.66. The number of carbonyl (C=O) groups is 1. The van der Waals surface area contributed by atoms with E-state index in [0.29, 0.717) is 24.9 Å². The highest BCUT2D eigenvalue weighted by molar-refractivity contribution is 7.88. The summed E-state index contributed by atoms with van der Waals surface area (Å²) in [5, 5.41) is 3.07. The number of hydrogen-bond acceptors (Lipinski definition) is 4. The molecule has 21 heavy (non-hydrogen) atoms. The van der Waals surface area contributed by atoms with Gasteiger partial charge in [0, 0.05) is 19.1 Å². The summed E-state index contributed by atoms with van der Waals surface area (Å²) < 4.78 is 24.8. The second-order valence-electron chi connectivity index (χ2n) is 6.56. The minimum atomic E-state index is -3.13. The smallest absolute Gasteiger partial charge is 0.234 e. The zero-order valence-corrected chi connectivity index (χ0v) is 13.8. The largest absolute Gasteiger partial charge is 0.352 e. The first-order valence-electron chi connectivity index (χ1n) is 7.80. The van der Waals surface area contributed by atoms with Crippen molar-refractivity contribution in [3.05, 3.63) is 0 Å². The molecule has 0 bridgehead atoms. The fourth-order valence-corrected chi connectivity index (χ4v) is 3.49. The van der Waals surface area contributed by atoms with E-state index < -0.39 is 10.0 Å². The zero-order chi connectivity index (χ0) is 15.5. The van der Waals surface area contributed by atoms with Gasteiger partial charge in [-0.05, 0) is 51.0 Å². The van der Waals surface area contributed by atoms with Crippen molar-refractivity contribution in [2.24, 2.45) is 11.8 Å². The molecule has 1 heterocycles. The van der Waals surface area contributed by atoms with Gasteiger partial charge in [-0.15, -0.1) is 0 Å². The predicted molar refractivity (Wildman–Crippen MR) is 82.3 cm³/mol. The van der Waals surface area contributed by atoms with Crippen LogP contribution in [-0.4, -0.2) is 57.7 Å². The molecule has 1 saturated carbocycles. The average Bonchev–Trinajstić information content (AvgIpc) is 3.20. The lowest BCUT2D eigenvalue weighted by molar-refractivity contribution is -0.123. The first-order valence-corrected chi connectivity index (χ1v) is 9.69. The second kappa shape index (κ2) is 7.07. The Morgan fingerprint density at radius 3 is 2.67 bits per heavy atom. The number of hydrogen-bond donors (Lipinski definition) is 2.